The second kappa shape index (κ2) is 5.84. The number of amides is 1. The Labute approximate surface area is 136 Å². The van der Waals surface area contributed by atoms with E-state index >= 15 is 0 Å². The van der Waals surface area contributed by atoms with Crippen molar-refractivity contribution in [3.63, 3.8) is 0 Å². The van der Waals surface area contributed by atoms with E-state index in [4.69, 9.17) is 0 Å². The van der Waals surface area contributed by atoms with Crippen LogP contribution < -0.4 is 5.32 Å². The van der Waals surface area contributed by atoms with E-state index < -0.39 is 0 Å². The minimum Gasteiger partial charge on any atom is -0.349 e. The largest absolute Gasteiger partial charge is 0.349 e. The van der Waals surface area contributed by atoms with Crippen molar-refractivity contribution in [1.29, 1.82) is 0 Å². The number of hydrogen-bond donors (Lipinski definition) is 1. The molecule has 2 aromatic rings. The first kappa shape index (κ1) is 14.5. The summed E-state index contributed by atoms with van der Waals surface area (Å²) in [5, 5.41) is 7.50. The number of aromatic nitrogens is 2. The Morgan fingerprint density at radius 2 is 2.13 bits per heavy atom. The summed E-state index contributed by atoms with van der Waals surface area (Å²) in [7, 11) is 0. The van der Waals surface area contributed by atoms with E-state index in [0.29, 0.717) is 11.5 Å². The molecule has 4 rings (SSSR count). The van der Waals surface area contributed by atoms with Gasteiger partial charge in [0.25, 0.3) is 5.91 Å². The summed E-state index contributed by atoms with van der Waals surface area (Å²) >= 11 is 0. The zero-order chi connectivity index (χ0) is 15.8. The average Bonchev–Trinajstić information content (AvgIpc) is 3.32. The van der Waals surface area contributed by atoms with Crippen LogP contribution in [0.15, 0.2) is 42.7 Å². The van der Waals surface area contributed by atoms with E-state index in [2.05, 4.69) is 17.3 Å². The fraction of sp³-hybridized carbons (Fsp3) is 0.474. The molecule has 0 saturated heterocycles. The topological polar surface area (TPSA) is 46.9 Å². The molecular weight excluding hydrogens is 286 g/mol. The van der Waals surface area contributed by atoms with Gasteiger partial charge in [0.05, 0.1) is 11.3 Å². The normalized spacial score (nSPS) is 27.1. The van der Waals surface area contributed by atoms with Gasteiger partial charge >= 0.3 is 0 Å². The third-order valence-corrected chi connectivity index (χ3v) is 5.69. The zero-order valence-electron chi connectivity index (χ0n) is 13.5. The molecule has 1 N–H and O–H groups in total. The molecule has 2 fully saturated rings. The molecule has 1 aromatic carbocycles. The quantitative estimate of drug-likeness (QED) is 0.940. The van der Waals surface area contributed by atoms with E-state index in [1.807, 2.05) is 36.5 Å². The lowest BCUT2D eigenvalue weighted by atomic mass is 9.84. The first-order chi connectivity index (χ1) is 11.2. The highest BCUT2D eigenvalue weighted by molar-refractivity contribution is 5.97. The Hall–Kier alpha value is -2.10. The molecule has 4 heteroatoms. The Balaban J connectivity index is 1.51. The van der Waals surface area contributed by atoms with Crippen molar-refractivity contribution in [3.05, 3.63) is 48.3 Å². The van der Waals surface area contributed by atoms with Crippen LogP contribution in [0.4, 0.5) is 0 Å². The number of nitrogens with one attached hydrogen (secondary N) is 1. The van der Waals surface area contributed by atoms with Crippen LogP contribution in [0.2, 0.25) is 0 Å². The van der Waals surface area contributed by atoms with Gasteiger partial charge in [-0.2, -0.15) is 5.10 Å². The van der Waals surface area contributed by atoms with E-state index in [-0.39, 0.29) is 11.9 Å². The molecule has 4 nitrogen and oxygen atoms in total. The van der Waals surface area contributed by atoms with Crippen molar-refractivity contribution < 1.29 is 4.79 Å². The fourth-order valence-corrected chi connectivity index (χ4v) is 4.57. The van der Waals surface area contributed by atoms with Crippen LogP contribution in [0, 0.1) is 17.8 Å². The summed E-state index contributed by atoms with van der Waals surface area (Å²) < 4.78 is 1.75. The van der Waals surface area contributed by atoms with E-state index in [1.54, 1.807) is 10.9 Å². The Morgan fingerprint density at radius 1 is 1.26 bits per heavy atom. The summed E-state index contributed by atoms with van der Waals surface area (Å²) in [6, 6.07) is 9.76. The van der Waals surface area contributed by atoms with Crippen LogP contribution >= 0.6 is 0 Å². The predicted octanol–water partition coefficient (Wildman–Crippen LogP) is 3.43. The molecule has 2 bridgehead atoms. The van der Waals surface area contributed by atoms with Gasteiger partial charge in [-0.1, -0.05) is 18.6 Å². The molecule has 0 radical (unpaired) electrons. The molecule has 4 atom stereocenters. The molecule has 1 amide bonds. The van der Waals surface area contributed by atoms with Crippen molar-refractivity contribution in [2.24, 2.45) is 17.8 Å². The molecule has 0 spiro atoms. The molecular formula is C19H23N3O. The third kappa shape index (κ3) is 2.67. The minimum absolute atomic E-state index is 0.00590. The van der Waals surface area contributed by atoms with Gasteiger partial charge in [-0.3, -0.25) is 4.79 Å². The maximum atomic E-state index is 12.8. The van der Waals surface area contributed by atoms with E-state index in [0.717, 1.165) is 17.5 Å². The maximum Gasteiger partial charge on any atom is 0.253 e. The molecule has 2 saturated carbocycles. The molecule has 1 heterocycles. The van der Waals surface area contributed by atoms with Crippen LogP contribution in [0.5, 0.6) is 0 Å². The second-order valence-electron chi connectivity index (χ2n) is 7.07. The molecule has 120 valence electrons. The van der Waals surface area contributed by atoms with Crippen molar-refractivity contribution in [2.75, 3.05) is 0 Å². The van der Waals surface area contributed by atoms with Gasteiger partial charge in [0.15, 0.2) is 0 Å². The lowest BCUT2D eigenvalue weighted by Gasteiger charge is -2.28. The number of hydrogen-bond acceptors (Lipinski definition) is 2. The van der Waals surface area contributed by atoms with Gasteiger partial charge in [-0.15, -0.1) is 0 Å². The van der Waals surface area contributed by atoms with Gasteiger partial charge in [0.1, 0.15) is 0 Å². The molecule has 23 heavy (non-hydrogen) atoms. The SMILES string of the molecule is C[C@H](NC(=O)c1ccccc1-n1cccn1)[C@@H]1C[C@H]2CC[C@H]1C2. The smallest absolute Gasteiger partial charge is 0.253 e. The van der Waals surface area contributed by atoms with Crippen molar-refractivity contribution in [2.45, 2.75) is 38.6 Å². The number of para-hydroxylation sites is 1. The van der Waals surface area contributed by atoms with Crippen LogP contribution in [0.1, 0.15) is 43.0 Å². The highest BCUT2D eigenvalue weighted by Gasteiger charge is 2.42. The highest BCUT2D eigenvalue weighted by atomic mass is 16.1. The monoisotopic (exact) mass is 309 g/mol. The van der Waals surface area contributed by atoms with Gasteiger partial charge in [0.2, 0.25) is 0 Å². The summed E-state index contributed by atoms with van der Waals surface area (Å²) in [6.07, 6.45) is 8.99. The molecule has 0 unspecified atom stereocenters. The lowest BCUT2D eigenvalue weighted by molar-refractivity contribution is 0.0915. The van der Waals surface area contributed by atoms with Gasteiger partial charge in [0, 0.05) is 18.4 Å². The zero-order valence-corrected chi connectivity index (χ0v) is 13.5. The summed E-state index contributed by atoms with van der Waals surface area (Å²) in [5.74, 6) is 2.37. The summed E-state index contributed by atoms with van der Waals surface area (Å²) in [4.78, 5) is 12.8. The lowest BCUT2D eigenvalue weighted by Crippen LogP contribution is -2.40. The third-order valence-electron chi connectivity index (χ3n) is 5.69. The number of rotatable bonds is 4. The second-order valence-corrected chi connectivity index (χ2v) is 7.07. The fourth-order valence-electron chi connectivity index (χ4n) is 4.57. The Morgan fingerprint density at radius 3 is 2.83 bits per heavy atom. The number of benzene rings is 1. The number of fused-ring (bicyclic) bond motifs is 2. The Kier molecular flexibility index (Phi) is 3.68. The molecule has 2 aliphatic carbocycles. The number of nitrogens with zero attached hydrogens (tertiary/aromatic N) is 2. The van der Waals surface area contributed by atoms with Gasteiger partial charge in [-0.05, 0) is 62.1 Å². The maximum absolute atomic E-state index is 12.8. The summed E-state index contributed by atoms with van der Waals surface area (Å²) in [6.45, 7) is 2.17. The van der Waals surface area contributed by atoms with E-state index in [1.165, 1.54) is 25.7 Å². The van der Waals surface area contributed by atoms with Crippen molar-refractivity contribution in [3.8, 4) is 5.69 Å². The number of carbonyl (C=O) groups excluding carboxylic acids is 1. The first-order valence-corrected chi connectivity index (χ1v) is 8.62. The van der Waals surface area contributed by atoms with Crippen LogP contribution in [0.25, 0.3) is 5.69 Å². The first-order valence-electron chi connectivity index (χ1n) is 8.62. The standard InChI is InChI=1S/C19H23N3O/c1-13(17-12-14-7-8-15(17)11-14)21-19(23)16-5-2-3-6-18(16)22-10-4-9-20-22/h2-6,9-10,13-15,17H,7-8,11-12H2,1H3,(H,21,23)/t13-,14-,15-,17-/m0/s1. The average molecular weight is 309 g/mol. The summed E-state index contributed by atoms with van der Waals surface area (Å²) in [5.41, 5.74) is 1.52. The van der Waals surface area contributed by atoms with Gasteiger partial charge in [-0.25, -0.2) is 4.68 Å². The Bertz CT molecular complexity index is 694. The minimum atomic E-state index is 0.00590. The van der Waals surface area contributed by atoms with Crippen LogP contribution in [-0.4, -0.2) is 21.7 Å². The number of carbonyl (C=O) groups is 1. The van der Waals surface area contributed by atoms with Crippen molar-refractivity contribution in [1.82, 2.24) is 15.1 Å². The van der Waals surface area contributed by atoms with Crippen molar-refractivity contribution >= 4 is 5.91 Å². The molecule has 2 aliphatic rings. The predicted molar refractivity (Wildman–Crippen MR) is 89.4 cm³/mol. The highest BCUT2D eigenvalue weighted by Crippen LogP contribution is 2.49. The van der Waals surface area contributed by atoms with Gasteiger partial charge < -0.3 is 5.32 Å². The van der Waals surface area contributed by atoms with E-state index in [9.17, 15) is 4.79 Å². The molecule has 1 aromatic heterocycles. The van der Waals surface area contributed by atoms with Crippen LogP contribution in [-0.2, 0) is 0 Å². The molecule has 0 aliphatic heterocycles. The van der Waals surface area contributed by atoms with Crippen LogP contribution in [0.3, 0.4) is 0 Å².